The van der Waals surface area contributed by atoms with Crippen molar-refractivity contribution in [2.45, 2.75) is 38.9 Å². The number of hydrogen-bond acceptors (Lipinski definition) is 4. The molecule has 1 atom stereocenters. The van der Waals surface area contributed by atoms with Crippen LogP contribution in [0.3, 0.4) is 0 Å². The third-order valence-electron chi connectivity index (χ3n) is 6.10. The van der Waals surface area contributed by atoms with E-state index in [1.807, 2.05) is 0 Å². The molecule has 160 valence electrons. The minimum Gasteiger partial charge on any atom is -0.370 e. The molecule has 2 N–H and O–H groups in total. The van der Waals surface area contributed by atoms with E-state index in [2.05, 4.69) is 76.8 Å². The van der Waals surface area contributed by atoms with E-state index in [4.69, 9.17) is 4.55 Å². The monoisotopic (exact) mass is 425 g/mol. The second-order valence-electron chi connectivity index (χ2n) is 8.18. The maximum absolute atomic E-state index is 11.0. The number of fused-ring (bicyclic) bond motifs is 1. The highest BCUT2D eigenvalue weighted by Gasteiger charge is 2.25. The Morgan fingerprint density at radius 2 is 1.93 bits per heavy atom. The maximum atomic E-state index is 11.0. The van der Waals surface area contributed by atoms with Crippen molar-refractivity contribution in [1.29, 1.82) is 0 Å². The number of nitrogens with one attached hydrogen (secondary N) is 1. The van der Waals surface area contributed by atoms with Crippen molar-refractivity contribution >= 4 is 17.2 Å². The largest absolute Gasteiger partial charge is 0.370 e. The second kappa shape index (κ2) is 9.88. The lowest BCUT2D eigenvalue weighted by molar-refractivity contribution is 0.150. The predicted octanol–water partition coefficient (Wildman–Crippen LogP) is 3.89. The van der Waals surface area contributed by atoms with Crippen LogP contribution in [0, 0.1) is 0 Å². The van der Waals surface area contributed by atoms with Crippen molar-refractivity contribution in [3.8, 4) is 11.1 Å². The molecule has 1 saturated heterocycles. The van der Waals surface area contributed by atoms with Gasteiger partial charge in [-0.05, 0) is 65.4 Å². The normalized spacial score (nSPS) is 18.4. The third kappa shape index (κ3) is 5.19. The molecule has 2 heterocycles. The van der Waals surface area contributed by atoms with Gasteiger partial charge in [-0.2, -0.15) is 0 Å². The van der Waals surface area contributed by atoms with E-state index in [9.17, 15) is 4.21 Å². The SMILES string of the molecule is CCNCc1cccc(-c2ccc3c(c2)C=CN(C2CCN(CS(=O)O)CC2)C3)c1. The van der Waals surface area contributed by atoms with Gasteiger partial charge in [0.1, 0.15) is 5.88 Å². The Hall–Kier alpha value is -1.99. The molecule has 0 aliphatic carbocycles. The highest BCUT2D eigenvalue weighted by Crippen LogP contribution is 2.29. The van der Waals surface area contributed by atoms with E-state index in [0.717, 1.165) is 45.6 Å². The first-order valence-electron chi connectivity index (χ1n) is 10.8. The average molecular weight is 426 g/mol. The second-order valence-corrected chi connectivity index (χ2v) is 9.08. The Morgan fingerprint density at radius 1 is 1.13 bits per heavy atom. The highest BCUT2D eigenvalue weighted by molar-refractivity contribution is 7.79. The molecular weight excluding hydrogens is 394 g/mol. The fourth-order valence-corrected chi connectivity index (χ4v) is 4.99. The summed E-state index contributed by atoms with van der Waals surface area (Å²) in [6, 6.07) is 16.1. The van der Waals surface area contributed by atoms with Gasteiger partial charge in [0.05, 0.1) is 0 Å². The number of benzene rings is 2. The van der Waals surface area contributed by atoms with E-state index in [0.29, 0.717) is 6.04 Å². The molecule has 1 unspecified atom stereocenters. The van der Waals surface area contributed by atoms with Crippen molar-refractivity contribution in [3.63, 3.8) is 0 Å². The van der Waals surface area contributed by atoms with Crippen molar-refractivity contribution in [2.75, 3.05) is 25.5 Å². The lowest BCUT2D eigenvalue weighted by Crippen LogP contribution is -2.44. The summed E-state index contributed by atoms with van der Waals surface area (Å²) in [6.07, 6.45) is 6.54. The Labute approximate surface area is 182 Å². The van der Waals surface area contributed by atoms with Gasteiger partial charge in [-0.25, -0.2) is 4.21 Å². The van der Waals surface area contributed by atoms with Gasteiger partial charge in [0.2, 0.25) is 0 Å². The Balaban J connectivity index is 1.42. The van der Waals surface area contributed by atoms with E-state index >= 15 is 0 Å². The first kappa shape index (κ1) is 21.2. The maximum Gasteiger partial charge on any atom is 0.167 e. The van der Waals surface area contributed by atoms with E-state index < -0.39 is 11.1 Å². The smallest absolute Gasteiger partial charge is 0.167 e. The fourth-order valence-electron chi connectivity index (χ4n) is 4.42. The molecule has 2 aliphatic heterocycles. The summed E-state index contributed by atoms with van der Waals surface area (Å²) < 4.78 is 20.1. The third-order valence-corrected chi connectivity index (χ3v) is 6.69. The number of likely N-dealkylation sites (tertiary alicyclic amines) is 1. The van der Waals surface area contributed by atoms with Crippen LogP contribution < -0.4 is 5.32 Å². The van der Waals surface area contributed by atoms with Crippen molar-refractivity contribution in [1.82, 2.24) is 15.1 Å². The number of rotatable bonds is 7. The van der Waals surface area contributed by atoms with E-state index in [1.165, 1.54) is 27.8 Å². The van der Waals surface area contributed by atoms with Crippen molar-refractivity contribution in [3.05, 3.63) is 65.4 Å². The summed E-state index contributed by atoms with van der Waals surface area (Å²) in [5.74, 6) is 0.268. The fraction of sp³-hybridized carbons (Fsp3) is 0.417. The summed E-state index contributed by atoms with van der Waals surface area (Å²) >= 11 is -1.74. The molecule has 30 heavy (non-hydrogen) atoms. The van der Waals surface area contributed by atoms with Crippen LogP contribution in [0.2, 0.25) is 0 Å². The van der Waals surface area contributed by atoms with Gasteiger partial charge < -0.3 is 14.8 Å². The first-order valence-corrected chi connectivity index (χ1v) is 12.1. The zero-order chi connectivity index (χ0) is 20.9. The molecule has 6 heteroatoms. The van der Waals surface area contributed by atoms with Crippen LogP contribution in [0.4, 0.5) is 0 Å². The van der Waals surface area contributed by atoms with Crippen LogP contribution >= 0.6 is 0 Å². The molecule has 2 aromatic carbocycles. The molecule has 0 spiro atoms. The molecule has 0 aromatic heterocycles. The van der Waals surface area contributed by atoms with Crippen LogP contribution in [0.15, 0.2) is 48.7 Å². The topological polar surface area (TPSA) is 55.8 Å². The zero-order valence-corrected chi connectivity index (χ0v) is 18.4. The molecule has 2 aliphatic rings. The molecule has 5 nitrogen and oxygen atoms in total. The van der Waals surface area contributed by atoms with Crippen LogP contribution in [0.5, 0.6) is 0 Å². The summed E-state index contributed by atoms with van der Waals surface area (Å²) in [6.45, 7) is 6.71. The summed E-state index contributed by atoms with van der Waals surface area (Å²) in [7, 11) is 0. The highest BCUT2D eigenvalue weighted by atomic mass is 32.2. The van der Waals surface area contributed by atoms with Gasteiger partial charge in [-0.1, -0.05) is 37.3 Å². The number of piperidine rings is 1. The van der Waals surface area contributed by atoms with Crippen LogP contribution in [-0.2, 0) is 24.2 Å². The molecule has 0 amide bonds. The molecule has 4 rings (SSSR count). The van der Waals surface area contributed by atoms with Gasteiger partial charge in [-0.15, -0.1) is 0 Å². The lowest BCUT2D eigenvalue weighted by Gasteiger charge is -2.39. The Bertz CT molecular complexity index is 922. The molecule has 0 radical (unpaired) electrons. The van der Waals surface area contributed by atoms with Crippen molar-refractivity contribution < 1.29 is 8.76 Å². The minimum atomic E-state index is -1.74. The van der Waals surface area contributed by atoms with Gasteiger partial charge in [0, 0.05) is 38.4 Å². The molecule has 0 saturated carbocycles. The minimum absolute atomic E-state index is 0.268. The van der Waals surface area contributed by atoms with Gasteiger partial charge in [0.15, 0.2) is 11.1 Å². The molecule has 0 bridgehead atoms. The van der Waals surface area contributed by atoms with Crippen LogP contribution in [-0.4, -0.2) is 50.1 Å². The van der Waals surface area contributed by atoms with Crippen molar-refractivity contribution in [2.24, 2.45) is 0 Å². The molecule has 2 aromatic rings. The summed E-state index contributed by atoms with van der Waals surface area (Å²) in [5, 5.41) is 3.39. The molecular formula is C24H31N3O2S. The zero-order valence-electron chi connectivity index (χ0n) is 17.6. The van der Waals surface area contributed by atoms with E-state index in [-0.39, 0.29) is 5.88 Å². The summed E-state index contributed by atoms with van der Waals surface area (Å²) in [4.78, 5) is 4.52. The molecule has 1 fully saturated rings. The number of nitrogens with zero attached hydrogens (tertiary/aromatic N) is 2. The van der Waals surface area contributed by atoms with Crippen LogP contribution in [0.25, 0.3) is 17.2 Å². The Kier molecular flexibility index (Phi) is 7.00. The summed E-state index contributed by atoms with van der Waals surface area (Å²) in [5.41, 5.74) is 6.50. The standard InChI is InChI=1S/C24H31N3O2S/c1-2-25-16-19-4-3-5-20(14-19)21-6-7-23-17-27(13-8-22(23)15-21)24-9-11-26(12-10-24)18-30(28)29/h3-8,13-15,24-25H,2,9-12,16-18H2,1H3,(H,28,29). The van der Waals surface area contributed by atoms with Crippen LogP contribution in [0.1, 0.15) is 36.5 Å². The van der Waals surface area contributed by atoms with E-state index in [1.54, 1.807) is 0 Å². The van der Waals surface area contributed by atoms with Gasteiger partial charge >= 0.3 is 0 Å². The number of hydrogen-bond donors (Lipinski definition) is 2. The first-order chi connectivity index (χ1) is 14.6. The lowest BCUT2D eigenvalue weighted by atomic mass is 9.95. The Morgan fingerprint density at radius 3 is 2.70 bits per heavy atom. The van der Waals surface area contributed by atoms with Gasteiger partial charge in [-0.3, -0.25) is 4.90 Å². The van der Waals surface area contributed by atoms with Gasteiger partial charge in [0.25, 0.3) is 0 Å². The average Bonchev–Trinajstić information content (AvgIpc) is 2.77. The quantitative estimate of drug-likeness (QED) is 0.659. The predicted molar refractivity (Wildman–Crippen MR) is 124 cm³/mol.